The third-order valence-corrected chi connectivity index (χ3v) is 5.95. The first kappa shape index (κ1) is 23.2. The predicted molar refractivity (Wildman–Crippen MR) is 127 cm³/mol. The summed E-state index contributed by atoms with van der Waals surface area (Å²) < 4.78 is 10.2. The first-order valence-corrected chi connectivity index (χ1v) is 11.6. The average molecular weight is 449 g/mol. The minimum Gasteiger partial charge on any atom is -0.461 e. The molecule has 2 heterocycles. The van der Waals surface area contributed by atoms with E-state index in [0.29, 0.717) is 18.9 Å². The van der Waals surface area contributed by atoms with Gasteiger partial charge in [0.25, 0.3) is 0 Å². The van der Waals surface area contributed by atoms with Crippen LogP contribution in [0.25, 0.3) is 0 Å². The maximum Gasteiger partial charge on any atom is 0.360 e. The molecule has 3 aromatic rings. The summed E-state index contributed by atoms with van der Waals surface area (Å²) >= 11 is 0. The van der Waals surface area contributed by atoms with Crippen molar-refractivity contribution in [2.24, 2.45) is 0 Å². The van der Waals surface area contributed by atoms with Gasteiger partial charge in [-0.05, 0) is 18.1 Å². The van der Waals surface area contributed by atoms with Crippen LogP contribution in [0.5, 0.6) is 0 Å². The number of carbonyl (C=O) groups is 1. The number of hydrogen-bond donors (Lipinski definition) is 1. The molecule has 174 valence electrons. The van der Waals surface area contributed by atoms with Crippen LogP contribution in [0.1, 0.15) is 40.3 Å². The average Bonchev–Trinajstić information content (AvgIpc) is 3.34. The van der Waals surface area contributed by atoms with Crippen LogP contribution < -0.4 is 5.32 Å². The van der Waals surface area contributed by atoms with E-state index in [1.807, 2.05) is 0 Å². The molecule has 1 saturated heterocycles. The van der Waals surface area contributed by atoms with E-state index in [9.17, 15) is 4.79 Å². The second-order valence-electron chi connectivity index (χ2n) is 8.18. The van der Waals surface area contributed by atoms with Crippen LogP contribution >= 0.6 is 0 Å². The highest BCUT2D eigenvalue weighted by molar-refractivity contribution is 5.87. The van der Waals surface area contributed by atoms with Gasteiger partial charge < -0.3 is 14.6 Å². The number of ether oxygens (including phenoxy) is 1. The zero-order valence-electron chi connectivity index (χ0n) is 19.2. The molecule has 33 heavy (non-hydrogen) atoms. The van der Waals surface area contributed by atoms with Crippen LogP contribution in [-0.4, -0.2) is 66.8 Å². The van der Waals surface area contributed by atoms with Crippen molar-refractivity contribution in [3.05, 3.63) is 89.3 Å². The molecule has 0 atom stereocenters. The Bertz CT molecular complexity index is 946. The molecule has 1 aromatic heterocycles. The number of rotatable bonds is 10. The Kier molecular flexibility index (Phi) is 8.24. The first-order valence-electron chi connectivity index (χ1n) is 11.6. The summed E-state index contributed by atoms with van der Waals surface area (Å²) in [5.41, 5.74) is 2.90. The SMILES string of the molecule is CCOC(=O)c1cc(CNCCN2CCN(C(c3ccccc3)c3ccccc3)CC2)on1. The highest BCUT2D eigenvalue weighted by atomic mass is 16.5. The van der Waals surface area contributed by atoms with E-state index >= 15 is 0 Å². The number of nitrogens with one attached hydrogen (secondary N) is 1. The Balaban J connectivity index is 1.24. The lowest BCUT2D eigenvalue weighted by atomic mass is 9.96. The van der Waals surface area contributed by atoms with Crippen molar-refractivity contribution in [2.75, 3.05) is 45.9 Å². The van der Waals surface area contributed by atoms with Crippen molar-refractivity contribution < 1.29 is 14.1 Å². The predicted octanol–water partition coefficient (Wildman–Crippen LogP) is 3.35. The summed E-state index contributed by atoms with van der Waals surface area (Å²) in [5, 5.41) is 7.15. The van der Waals surface area contributed by atoms with Gasteiger partial charge in [-0.1, -0.05) is 65.8 Å². The lowest BCUT2D eigenvalue weighted by Crippen LogP contribution is -2.49. The van der Waals surface area contributed by atoms with Gasteiger partial charge in [0, 0.05) is 45.3 Å². The zero-order chi connectivity index (χ0) is 22.9. The molecule has 7 nitrogen and oxygen atoms in total. The second kappa shape index (κ2) is 11.7. The number of piperazine rings is 1. The fourth-order valence-electron chi connectivity index (χ4n) is 4.28. The van der Waals surface area contributed by atoms with Crippen molar-refractivity contribution in [3.8, 4) is 0 Å². The zero-order valence-corrected chi connectivity index (χ0v) is 19.2. The molecule has 0 aliphatic carbocycles. The fourth-order valence-corrected chi connectivity index (χ4v) is 4.28. The summed E-state index contributed by atoms with van der Waals surface area (Å²) in [7, 11) is 0. The molecule has 0 bridgehead atoms. The van der Waals surface area contributed by atoms with Crippen LogP contribution in [0, 0.1) is 0 Å². The Morgan fingerprint density at radius 1 is 1.03 bits per heavy atom. The standard InChI is InChI=1S/C26H32N4O3/c1-2-32-26(31)24-19-23(33-28-24)20-27-13-14-29-15-17-30(18-16-29)25(21-9-5-3-6-10-21)22-11-7-4-8-12-22/h3-12,19,25,27H,2,13-18,20H2,1H3. The maximum atomic E-state index is 11.7. The smallest absolute Gasteiger partial charge is 0.360 e. The second-order valence-corrected chi connectivity index (χ2v) is 8.18. The molecule has 0 unspecified atom stereocenters. The topological polar surface area (TPSA) is 70.8 Å². The van der Waals surface area contributed by atoms with Crippen LogP contribution in [-0.2, 0) is 11.3 Å². The summed E-state index contributed by atoms with van der Waals surface area (Å²) in [6.45, 7) is 8.56. The largest absolute Gasteiger partial charge is 0.461 e. The summed E-state index contributed by atoms with van der Waals surface area (Å²) in [4.78, 5) is 16.7. The van der Waals surface area contributed by atoms with Crippen molar-refractivity contribution in [2.45, 2.75) is 19.5 Å². The number of esters is 1. The molecule has 1 aliphatic rings. The minimum absolute atomic E-state index is 0.219. The molecule has 0 saturated carbocycles. The van der Waals surface area contributed by atoms with Crippen molar-refractivity contribution >= 4 is 5.97 Å². The van der Waals surface area contributed by atoms with E-state index in [-0.39, 0.29) is 11.7 Å². The monoisotopic (exact) mass is 448 g/mol. The van der Waals surface area contributed by atoms with E-state index in [0.717, 1.165) is 39.3 Å². The number of aromatic nitrogens is 1. The van der Waals surface area contributed by atoms with Gasteiger partial charge >= 0.3 is 5.97 Å². The van der Waals surface area contributed by atoms with Gasteiger partial charge in [0.15, 0.2) is 11.5 Å². The fraction of sp³-hybridized carbons (Fsp3) is 0.385. The highest BCUT2D eigenvalue weighted by Gasteiger charge is 2.26. The lowest BCUT2D eigenvalue weighted by molar-refractivity contribution is 0.0514. The molecule has 1 fully saturated rings. The third-order valence-electron chi connectivity index (χ3n) is 5.95. The molecular weight excluding hydrogens is 416 g/mol. The van der Waals surface area contributed by atoms with E-state index in [4.69, 9.17) is 9.26 Å². The lowest BCUT2D eigenvalue weighted by Gasteiger charge is -2.39. The molecule has 1 N–H and O–H groups in total. The number of nitrogens with zero attached hydrogens (tertiary/aromatic N) is 3. The highest BCUT2D eigenvalue weighted by Crippen LogP contribution is 2.29. The maximum absolute atomic E-state index is 11.7. The number of hydrogen-bond acceptors (Lipinski definition) is 7. The Labute approximate surface area is 195 Å². The van der Waals surface area contributed by atoms with Gasteiger partial charge in [0.1, 0.15) is 0 Å². The summed E-state index contributed by atoms with van der Waals surface area (Å²) in [6, 6.07) is 23.5. The molecular formula is C26H32N4O3. The molecule has 7 heteroatoms. The van der Waals surface area contributed by atoms with Gasteiger partial charge in [-0.15, -0.1) is 0 Å². The normalized spacial score (nSPS) is 15.1. The number of benzene rings is 2. The number of carbonyl (C=O) groups excluding carboxylic acids is 1. The van der Waals surface area contributed by atoms with Crippen LogP contribution in [0.15, 0.2) is 71.3 Å². The van der Waals surface area contributed by atoms with Crippen LogP contribution in [0.2, 0.25) is 0 Å². The van der Waals surface area contributed by atoms with E-state index in [1.54, 1.807) is 13.0 Å². The summed E-state index contributed by atoms with van der Waals surface area (Å²) in [5.74, 6) is 0.186. The first-order chi connectivity index (χ1) is 16.2. The molecule has 4 rings (SSSR count). The minimum atomic E-state index is -0.449. The molecule has 0 radical (unpaired) electrons. The quantitative estimate of drug-likeness (QED) is 0.377. The molecule has 0 spiro atoms. The van der Waals surface area contributed by atoms with Gasteiger partial charge in [-0.3, -0.25) is 9.80 Å². The van der Waals surface area contributed by atoms with E-state index < -0.39 is 5.97 Å². The third kappa shape index (κ3) is 6.28. The van der Waals surface area contributed by atoms with Gasteiger partial charge in [0.05, 0.1) is 19.2 Å². The summed E-state index contributed by atoms with van der Waals surface area (Å²) in [6.07, 6.45) is 0. The Hall–Kier alpha value is -3.00. The Morgan fingerprint density at radius 2 is 1.67 bits per heavy atom. The van der Waals surface area contributed by atoms with Crippen molar-refractivity contribution in [3.63, 3.8) is 0 Å². The molecule has 2 aromatic carbocycles. The molecule has 1 aliphatic heterocycles. The van der Waals surface area contributed by atoms with Crippen LogP contribution in [0.4, 0.5) is 0 Å². The van der Waals surface area contributed by atoms with E-state index in [2.05, 4.69) is 80.9 Å². The van der Waals surface area contributed by atoms with E-state index in [1.165, 1.54) is 11.1 Å². The van der Waals surface area contributed by atoms with Crippen LogP contribution in [0.3, 0.4) is 0 Å². The van der Waals surface area contributed by atoms with Crippen molar-refractivity contribution in [1.29, 1.82) is 0 Å². The van der Waals surface area contributed by atoms with Gasteiger partial charge in [-0.25, -0.2) is 4.79 Å². The Morgan fingerprint density at radius 3 is 2.27 bits per heavy atom. The van der Waals surface area contributed by atoms with Crippen molar-refractivity contribution in [1.82, 2.24) is 20.3 Å². The molecule has 0 amide bonds. The van der Waals surface area contributed by atoms with Gasteiger partial charge in [-0.2, -0.15) is 0 Å². The van der Waals surface area contributed by atoms with Gasteiger partial charge in [0.2, 0.25) is 0 Å².